The summed E-state index contributed by atoms with van der Waals surface area (Å²) in [7, 11) is 0. The maximum Gasteiger partial charge on any atom is 3.00 e. The third-order valence-corrected chi connectivity index (χ3v) is 5.47. The Hall–Kier alpha value is -4.66. The maximum atomic E-state index is 13.2. The first-order chi connectivity index (χ1) is 20.3. The smallest absolute Gasteiger partial charge is 0.296 e. The van der Waals surface area contributed by atoms with Crippen molar-refractivity contribution >= 4 is 0 Å². The first kappa shape index (κ1) is 32.8. The van der Waals surface area contributed by atoms with E-state index in [1.807, 2.05) is 0 Å². The quantitative estimate of drug-likeness (QED) is 0.134. The molecule has 0 atom stereocenters. The largest absolute Gasteiger partial charge is 3.00 e. The minimum absolute atomic E-state index is 0. The van der Waals surface area contributed by atoms with Gasteiger partial charge in [-0.15, -0.1) is 0 Å². The summed E-state index contributed by atoms with van der Waals surface area (Å²) in [5, 5.41) is 0. The SMILES string of the molecule is Fc1ccc(-c2cc[c-]cn2)c(F)c1.Fc1ccc(-c2cc[c-]cn2)c(F)c1.Fc1ccc(-c2cc[c-]cn2)c(F)c1.[Ir+3]. The number of halogens is 6. The van der Waals surface area contributed by atoms with Crippen molar-refractivity contribution in [2.45, 2.75) is 0 Å². The molecule has 0 saturated carbocycles. The van der Waals surface area contributed by atoms with Crippen LogP contribution in [0.3, 0.4) is 0 Å². The molecule has 0 N–H and O–H groups in total. The van der Waals surface area contributed by atoms with Gasteiger partial charge in [0.2, 0.25) is 0 Å². The van der Waals surface area contributed by atoms with E-state index in [0.29, 0.717) is 33.8 Å². The second-order valence-electron chi connectivity index (χ2n) is 8.30. The predicted molar refractivity (Wildman–Crippen MR) is 145 cm³/mol. The van der Waals surface area contributed by atoms with E-state index in [1.165, 1.54) is 55.0 Å². The molecule has 0 aliphatic rings. The van der Waals surface area contributed by atoms with Crippen molar-refractivity contribution in [2.75, 3.05) is 0 Å². The molecule has 0 amide bonds. The number of pyridine rings is 3. The van der Waals surface area contributed by atoms with E-state index in [1.54, 1.807) is 36.4 Å². The van der Waals surface area contributed by atoms with Crippen LogP contribution in [-0.4, -0.2) is 15.0 Å². The zero-order chi connectivity index (χ0) is 29.9. The molecule has 6 rings (SSSR count). The Morgan fingerprint density at radius 3 is 0.884 bits per heavy atom. The normalized spacial score (nSPS) is 9.91. The van der Waals surface area contributed by atoms with Crippen LogP contribution in [0.1, 0.15) is 0 Å². The summed E-state index contributed by atoms with van der Waals surface area (Å²) in [6.45, 7) is 0. The average Bonchev–Trinajstić information content (AvgIpc) is 2.99. The molecule has 0 unspecified atom stereocenters. The fraction of sp³-hybridized carbons (Fsp3) is 0. The first-order valence-electron chi connectivity index (χ1n) is 12.1. The molecule has 3 nitrogen and oxygen atoms in total. The standard InChI is InChI=1S/3C11H6F2N.Ir/c3*12-8-4-5-9(10(13)7-8)11-3-1-2-6-14-11;/h3*1,3-7H;/q3*-1;+3. The zero-order valence-electron chi connectivity index (χ0n) is 21.8. The van der Waals surface area contributed by atoms with Gasteiger partial charge in [-0.2, -0.15) is 18.2 Å². The van der Waals surface area contributed by atoms with Crippen LogP contribution in [0.15, 0.2) is 110 Å². The minimum atomic E-state index is -0.608. The summed E-state index contributed by atoms with van der Waals surface area (Å²) in [5.74, 6) is -3.59. The second kappa shape index (κ2) is 16.1. The third-order valence-electron chi connectivity index (χ3n) is 5.47. The van der Waals surface area contributed by atoms with Gasteiger partial charge in [0.1, 0.15) is 34.9 Å². The molecule has 0 fully saturated rings. The second-order valence-corrected chi connectivity index (χ2v) is 8.30. The van der Waals surface area contributed by atoms with Crippen LogP contribution in [0.25, 0.3) is 33.8 Å². The first-order valence-corrected chi connectivity index (χ1v) is 12.1. The van der Waals surface area contributed by atoms with E-state index in [0.717, 1.165) is 18.2 Å². The van der Waals surface area contributed by atoms with E-state index >= 15 is 0 Å². The molecule has 3 aromatic carbocycles. The van der Waals surface area contributed by atoms with Crippen LogP contribution >= 0.6 is 0 Å². The molecule has 0 aliphatic carbocycles. The number of nitrogens with zero attached hydrogens (tertiary/aromatic N) is 3. The van der Waals surface area contributed by atoms with Crippen LogP contribution < -0.4 is 0 Å². The number of aromatic nitrogens is 3. The number of hydrogen-bond acceptors (Lipinski definition) is 3. The fourth-order valence-corrected chi connectivity index (χ4v) is 3.53. The average molecular weight is 763 g/mol. The Balaban J connectivity index is 0.000000175. The van der Waals surface area contributed by atoms with Crippen LogP contribution in [0, 0.1) is 53.1 Å². The summed E-state index contributed by atoms with van der Waals surface area (Å²) in [6, 6.07) is 28.2. The van der Waals surface area contributed by atoms with Crippen molar-refractivity contribution in [1.82, 2.24) is 15.0 Å². The maximum absolute atomic E-state index is 13.2. The van der Waals surface area contributed by atoms with Crippen LogP contribution in [0.4, 0.5) is 26.3 Å². The fourth-order valence-electron chi connectivity index (χ4n) is 3.53. The molecule has 3 heterocycles. The molecule has 0 radical (unpaired) electrons. The molecule has 0 aliphatic heterocycles. The van der Waals surface area contributed by atoms with Crippen molar-refractivity contribution in [3.8, 4) is 33.8 Å². The number of benzene rings is 3. The van der Waals surface area contributed by atoms with Crippen LogP contribution in [0.5, 0.6) is 0 Å². The van der Waals surface area contributed by atoms with Crippen molar-refractivity contribution in [1.29, 1.82) is 0 Å². The van der Waals surface area contributed by atoms with E-state index in [4.69, 9.17) is 0 Å². The van der Waals surface area contributed by atoms with Crippen LogP contribution in [-0.2, 0) is 20.1 Å². The van der Waals surface area contributed by atoms with Gasteiger partial charge in [-0.3, -0.25) is 15.0 Å². The summed E-state index contributed by atoms with van der Waals surface area (Å²) in [4.78, 5) is 11.8. The van der Waals surface area contributed by atoms with Gasteiger partial charge in [-0.25, -0.2) is 62.7 Å². The molecule has 3 aromatic heterocycles. The summed E-state index contributed by atoms with van der Waals surface area (Å²) >= 11 is 0. The van der Waals surface area contributed by atoms with Gasteiger partial charge >= 0.3 is 20.1 Å². The molecule has 216 valence electrons. The van der Waals surface area contributed by atoms with Crippen molar-refractivity contribution < 1.29 is 46.4 Å². The molecule has 43 heavy (non-hydrogen) atoms. The Kier molecular flexibility index (Phi) is 12.3. The van der Waals surface area contributed by atoms with Crippen molar-refractivity contribution in [3.63, 3.8) is 0 Å². The molecular weight excluding hydrogens is 745 g/mol. The summed E-state index contributed by atoms with van der Waals surface area (Å²) in [6.07, 6.45) is 4.33. The Labute approximate surface area is 257 Å². The number of rotatable bonds is 3. The predicted octanol–water partition coefficient (Wildman–Crippen LogP) is 8.48. The van der Waals surface area contributed by atoms with Gasteiger partial charge in [0.15, 0.2) is 0 Å². The Morgan fingerprint density at radius 2 is 0.674 bits per heavy atom. The van der Waals surface area contributed by atoms with E-state index in [-0.39, 0.29) is 20.1 Å². The van der Waals surface area contributed by atoms with Gasteiger partial charge < -0.3 is 0 Å². The monoisotopic (exact) mass is 763 g/mol. The zero-order valence-corrected chi connectivity index (χ0v) is 24.2. The van der Waals surface area contributed by atoms with Gasteiger partial charge in [-0.1, -0.05) is 18.6 Å². The summed E-state index contributed by atoms with van der Waals surface area (Å²) in [5.41, 5.74) is 2.30. The van der Waals surface area contributed by atoms with Crippen LogP contribution in [0.2, 0.25) is 0 Å². The minimum Gasteiger partial charge on any atom is -0.296 e. The number of hydrogen-bond donors (Lipinski definition) is 0. The summed E-state index contributed by atoms with van der Waals surface area (Å²) < 4.78 is 77.5. The van der Waals surface area contributed by atoms with Crippen molar-refractivity contribution in [2.24, 2.45) is 0 Å². The molecule has 0 bridgehead atoms. The molecule has 10 heteroatoms. The van der Waals surface area contributed by atoms with E-state index in [2.05, 4.69) is 33.2 Å². The van der Waals surface area contributed by atoms with Crippen molar-refractivity contribution in [3.05, 3.63) is 163 Å². The van der Waals surface area contributed by atoms with Gasteiger partial charge in [-0.05, 0) is 53.5 Å². The van der Waals surface area contributed by atoms with Gasteiger partial charge in [0.05, 0.1) is 0 Å². The van der Waals surface area contributed by atoms with Gasteiger partial charge in [0.25, 0.3) is 0 Å². The van der Waals surface area contributed by atoms with E-state index < -0.39 is 34.9 Å². The van der Waals surface area contributed by atoms with Gasteiger partial charge in [0, 0.05) is 34.9 Å². The molecule has 0 saturated heterocycles. The van der Waals surface area contributed by atoms with E-state index in [9.17, 15) is 26.3 Å². The molecular formula is C33H18F6IrN3. The molecule has 6 aromatic rings. The third kappa shape index (κ3) is 9.43. The Morgan fingerprint density at radius 1 is 0.395 bits per heavy atom. The topological polar surface area (TPSA) is 38.7 Å². The molecule has 0 spiro atoms. The Bertz CT molecular complexity index is 1530.